The van der Waals surface area contributed by atoms with Gasteiger partial charge < -0.3 is 9.88 Å². The normalized spacial score (nSPS) is 10.6. The van der Waals surface area contributed by atoms with E-state index in [2.05, 4.69) is 41.1 Å². The maximum Gasteiger partial charge on any atom is 0.253 e. The van der Waals surface area contributed by atoms with Crippen LogP contribution in [-0.2, 0) is 0 Å². The summed E-state index contributed by atoms with van der Waals surface area (Å²) in [5.41, 5.74) is 4.89. The minimum absolute atomic E-state index is 0.00203. The smallest absolute Gasteiger partial charge is 0.253 e. The summed E-state index contributed by atoms with van der Waals surface area (Å²) >= 11 is 0. The molecule has 1 aromatic heterocycles. The van der Waals surface area contributed by atoms with Crippen molar-refractivity contribution >= 4 is 5.91 Å². The van der Waals surface area contributed by atoms with Gasteiger partial charge in [-0.25, -0.2) is 0 Å². The Labute approximate surface area is 149 Å². The molecule has 0 aliphatic carbocycles. The number of rotatable bonds is 6. The molecule has 1 N–H and O–H groups in total. The summed E-state index contributed by atoms with van der Waals surface area (Å²) in [5.74, 6) is -0.00203. The zero-order chi connectivity index (χ0) is 17.6. The quantitative estimate of drug-likeness (QED) is 0.634. The number of amides is 1. The number of para-hydroxylation sites is 1. The summed E-state index contributed by atoms with van der Waals surface area (Å²) < 4.78 is 2.16. The van der Waals surface area contributed by atoms with Crippen molar-refractivity contribution in [2.24, 2.45) is 0 Å². The van der Waals surface area contributed by atoms with E-state index in [4.69, 9.17) is 0 Å². The van der Waals surface area contributed by atoms with Crippen molar-refractivity contribution in [1.29, 1.82) is 0 Å². The van der Waals surface area contributed by atoms with E-state index in [0.29, 0.717) is 6.54 Å². The van der Waals surface area contributed by atoms with E-state index in [9.17, 15) is 4.79 Å². The van der Waals surface area contributed by atoms with Gasteiger partial charge >= 0.3 is 0 Å². The molecule has 3 heteroatoms. The van der Waals surface area contributed by atoms with E-state index < -0.39 is 0 Å². The van der Waals surface area contributed by atoms with Gasteiger partial charge in [-0.3, -0.25) is 4.79 Å². The molecule has 0 radical (unpaired) electrons. The van der Waals surface area contributed by atoms with Crippen LogP contribution in [0.1, 0.15) is 35.8 Å². The van der Waals surface area contributed by atoms with Crippen molar-refractivity contribution in [2.45, 2.75) is 26.7 Å². The molecule has 0 atom stereocenters. The van der Waals surface area contributed by atoms with Gasteiger partial charge in [-0.15, -0.1) is 0 Å². The first kappa shape index (κ1) is 17.0. The molecule has 3 rings (SSSR count). The number of carbonyl (C=O) groups is 1. The highest BCUT2D eigenvalue weighted by Crippen LogP contribution is 2.29. The molecule has 0 fully saturated rings. The van der Waals surface area contributed by atoms with E-state index in [1.54, 1.807) is 0 Å². The monoisotopic (exact) mass is 332 g/mol. The Balaban J connectivity index is 2.07. The third-order valence-corrected chi connectivity index (χ3v) is 4.39. The van der Waals surface area contributed by atoms with Crippen molar-refractivity contribution in [3.8, 4) is 16.9 Å². The summed E-state index contributed by atoms with van der Waals surface area (Å²) in [7, 11) is 0. The molecule has 0 aliphatic heterocycles. The van der Waals surface area contributed by atoms with E-state index in [1.807, 2.05) is 49.4 Å². The molecule has 3 aromatic rings. The van der Waals surface area contributed by atoms with Crippen LogP contribution in [0.3, 0.4) is 0 Å². The third-order valence-electron chi connectivity index (χ3n) is 4.39. The first-order valence-corrected chi connectivity index (χ1v) is 8.83. The number of nitrogens with zero attached hydrogens (tertiary/aromatic N) is 1. The van der Waals surface area contributed by atoms with Gasteiger partial charge in [0, 0.05) is 17.9 Å². The molecule has 0 saturated carbocycles. The number of aromatic nitrogens is 1. The van der Waals surface area contributed by atoms with Crippen LogP contribution in [0.4, 0.5) is 0 Å². The topological polar surface area (TPSA) is 34.0 Å². The maximum absolute atomic E-state index is 12.6. The molecule has 0 spiro atoms. The Bertz CT molecular complexity index is 835. The number of nitrogens with one attached hydrogen (secondary N) is 1. The van der Waals surface area contributed by atoms with Crippen LogP contribution in [0, 0.1) is 6.92 Å². The fourth-order valence-electron chi connectivity index (χ4n) is 3.04. The summed E-state index contributed by atoms with van der Waals surface area (Å²) in [6, 6.07) is 22.4. The lowest BCUT2D eigenvalue weighted by molar-refractivity contribution is 0.0952. The third kappa shape index (κ3) is 3.66. The highest BCUT2D eigenvalue weighted by atomic mass is 16.1. The number of hydrogen-bond donors (Lipinski definition) is 1. The van der Waals surface area contributed by atoms with Crippen LogP contribution in [0.5, 0.6) is 0 Å². The van der Waals surface area contributed by atoms with Crippen molar-refractivity contribution in [3.05, 3.63) is 78.0 Å². The van der Waals surface area contributed by atoms with Crippen molar-refractivity contribution in [3.63, 3.8) is 0 Å². The Hall–Kier alpha value is -2.81. The van der Waals surface area contributed by atoms with Gasteiger partial charge in [0.2, 0.25) is 0 Å². The summed E-state index contributed by atoms with van der Waals surface area (Å²) in [6.07, 6.45) is 2.06. The van der Waals surface area contributed by atoms with Gasteiger partial charge in [-0.2, -0.15) is 0 Å². The van der Waals surface area contributed by atoms with Crippen LogP contribution in [-0.4, -0.2) is 17.0 Å². The number of unbranched alkanes of at least 4 members (excludes halogenated alkanes) is 1. The van der Waals surface area contributed by atoms with E-state index >= 15 is 0 Å². The second-order valence-electron chi connectivity index (χ2n) is 6.18. The first-order valence-electron chi connectivity index (χ1n) is 8.83. The van der Waals surface area contributed by atoms with Gasteiger partial charge in [-0.1, -0.05) is 61.9 Å². The minimum Gasteiger partial charge on any atom is -0.352 e. The lowest BCUT2D eigenvalue weighted by Gasteiger charge is -2.12. The van der Waals surface area contributed by atoms with Gasteiger partial charge in [0.1, 0.15) is 0 Å². The van der Waals surface area contributed by atoms with Gasteiger partial charge in [0.05, 0.1) is 11.3 Å². The zero-order valence-corrected chi connectivity index (χ0v) is 14.8. The standard InChI is InChI=1S/C22H24N2O/c1-3-4-15-23-22(25)20-16-21(18-11-7-5-8-12-18)24(17(20)2)19-13-9-6-10-14-19/h5-14,16H,3-4,15H2,1-2H3,(H,23,25). The Kier molecular flexibility index (Phi) is 5.34. The molecule has 3 nitrogen and oxygen atoms in total. The van der Waals surface area contributed by atoms with Gasteiger partial charge in [-0.05, 0) is 37.1 Å². The fourth-order valence-corrected chi connectivity index (χ4v) is 3.04. The SMILES string of the molecule is CCCCNC(=O)c1cc(-c2ccccc2)n(-c2ccccc2)c1C. The van der Waals surface area contributed by atoms with Crippen LogP contribution in [0.25, 0.3) is 16.9 Å². The second-order valence-corrected chi connectivity index (χ2v) is 6.18. The molecular weight excluding hydrogens is 308 g/mol. The summed E-state index contributed by atoms with van der Waals surface area (Å²) in [4.78, 5) is 12.6. The van der Waals surface area contributed by atoms with Crippen LogP contribution < -0.4 is 5.32 Å². The Morgan fingerprint density at radius 3 is 2.28 bits per heavy atom. The van der Waals surface area contributed by atoms with Gasteiger partial charge in [0.25, 0.3) is 5.91 Å². The molecule has 128 valence electrons. The van der Waals surface area contributed by atoms with E-state index in [0.717, 1.165) is 41.0 Å². The van der Waals surface area contributed by atoms with Crippen LogP contribution in [0.2, 0.25) is 0 Å². The molecule has 2 aromatic carbocycles. The average Bonchev–Trinajstić information content (AvgIpc) is 3.00. The molecule has 1 amide bonds. The molecule has 25 heavy (non-hydrogen) atoms. The lowest BCUT2D eigenvalue weighted by atomic mass is 10.1. The van der Waals surface area contributed by atoms with E-state index in [-0.39, 0.29) is 5.91 Å². The zero-order valence-electron chi connectivity index (χ0n) is 14.8. The highest BCUT2D eigenvalue weighted by molar-refractivity contribution is 5.97. The van der Waals surface area contributed by atoms with Crippen LogP contribution in [0.15, 0.2) is 66.7 Å². The minimum atomic E-state index is -0.00203. The maximum atomic E-state index is 12.6. The predicted molar refractivity (Wildman–Crippen MR) is 103 cm³/mol. The fraction of sp³-hybridized carbons (Fsp3) is 0.227. The second kappa shape index (κ2) is 7.84. The Morgan fingerprint density at radius 1 is 1.00 bits per heavy atom. The van der Waals surface area contributed by atoms with Crippen molar-refractivity contribution < 1.29 is 4.79 Å². The summed E-state index contributed by atoms with van der Waals surface area (Å²) in [5, 5.41) is 3.03. The first-order chi connectivity index (χ1) is 12.2. The van der Waals surface area contributed by atoms with Crippen molar-refractivity contribution in [1.82, 2.24) is 9.88 Å². The van der Waals surface area contributed by atoms with E-state index in [1.165, 1.54) is 0 Å². The summed E-state index contributed by atoms with van der Waals surface area (Å²) in [6.45, 7) is 4.84. The average molecular weight is 332 g/mol. The molecule has 0 saturated heterocycles. The lowest BCUT2D eigenvalue weighted by Crippen LogP contribution is -2.24. The number of hydrogen-bond acceptors (Lipinski definition) is 1. The Morgan fingerprint density at radius 2 is 1.64 bits per heavy atom. The molecular formula is C22H24N2O. The molecule has 0 aliphatic rings. The van der Waals surface area contributed by atoms with Gasteiger partial charge in [0.15, 0.2) is 0 Å². The van der Waals surface area contributed by atoms with Crippen LogP contribution >= 0.6 is 0 Å². The largest absolute Gasteiger partial charge is 0.352 e. The predicted octanol–water partition coefficient (Wildman–Crippen LogP) is 4.98. The number of benzene rings is 2. The molecule has 0 unspecified atom stereocenters. The molecule has 1 heterocycles. The molecule has 0 bridgehead atoms. The number of carbonyl (C=O) groups excluding carboxylic acids is 1. The highest BCUT2D eigenvalue weighted by Gasteiger charge is 2.19. The van der Waals surface area contributed by atoms with Crippen molar-refractivity contribution in [2.75, 3.05) is 6.54 Å².